The summed E-state index contributed by atoms with van der Waals surface area (Å²) in [4.78, 5) is 13.1. The Morgan fingerprint density at radius 2 is 1.66 bits per heavy atom. The van der Waals surface area contributed by atoms with Crippen molar-refractivity contribution in [3.05, 3.63) is 72.3 Å². The van der Waals surface area contributed by atoms with Gasteiger partial charge in [-0.2, -0.15) is 0 Å². The Morgan fingerprint density at radius 3 is 2.29 bits per heavy atom. The van der Waals surface area contributed by atoms with Crippen LogP contribution in [0.15, 0.2) is 71.6 Å². The minimum atomic E-state index is -4.11. The number of benzene rings is 3. The number of nitrogens with one attached hydrogen (secondary N) is 1. The van der Waals surface area contributed by atoms with Crippen molar-refractivity contribution < 1.29 is 27.4 Å². The number of methoxy groups -OCH3 is 2. The molecule has 3 aromatic rings. The minimum absolute atomic E-state index is 0.0290. The molecule has 0 fully saturated rings. The Kier molecular flexibility index (Phi) is 8.24. The summed E-state index contributed by atoms with van der Waals surface area (Å²) in [5.41, 5.74) is 1.61. The highest BCUT2D eigenvalue weighted by Gasteiger charge is 2.30. The highest BCUT2D eigenvalue weighted by molar-refractivity contribution is 7.92. The summed E-state index contributed by atoms with van der Waals surface area (Å²) in [6, 6.07) is 18.1. The van der Waals surface area contributed by atoms with Crippen molar-refractivity contribution in [2.75, 3.05) is 30.4 Å². The largest absolute Gasteiger partial charge is 0.497 e. The zero-order valence-corrected chi connectivity index (χ0v) is 21.3. The van der Waals surface area contributed by atoms with Crippen molar-refractivity contribution in [1.82, 2.24) is 0 Å². The Balaban J connectivity index is 1.98. The number of amides is 1. The summed E-state index contributed by atoms with van der Waals surface area (Å²) in [5.74, 6) is 0.809. The van der Waals surface area contributed by atoms with Crippen LogP contribution in [0.3, 0.4) is 0 Å². The first-order valence-electron chi connectivity index (χ1n) is 11.0. The normalized spacial score (nSPS) is 11.1. The molecule has 0 spiro atoms. The number of sulfonamides is 1. The molecule has 0 aliphatic heterocycles. The fraction of sp³-hybridized carbons (Fsp3) is 0.269. The molecule has 0 bridgehead atoms. The van der Waals surface area contributed by atoms with E-state index in [0.29, 0.717) is 17.2 Å². The van der Waals surface area contributed by atoms with E-state index in [1.165, 1.54) is 26.4 Å². The lowest BCUT2D eigenvalue weighted by Gasteiger charge is -2.26. The van der Waals surface area contributed by atoms with Gasteiger partial charge in [0.25, 0.3) is 10.0 Å². The molecule has 0 unspecified atom stereocenters. The van der Waals surface area contributed by atoms with E-state index in [4.69, 9.17) is 14.2 Å². The number of ether oxygens (including phenoxy) is 3. The Labute approximate surface area is 206 Å². The maximum absolute atomic E-state index is 13.7. The Bertz CT molecular complexity index is 1270. The number of carbonyl (C=O) groups is 1. The number of anilines is 2. The van der Waals surface area contributed by atoms with Crippen molar-refractivity contribution >= 4 is 27.3 Å². The number of hydrogen-bond acceptors (Lipinski definition) is 6. The predicted molar refractivity (Wildman–Crippen MR) is 136 cm³/mol. The van der Waals surface area contributed by atoms with E-state index in [9.17, 15) is 13.2 Å². The Morgan fingerprint density at radius 1 is 0.943 bits per heavy atom. The molecule has 0 atom stereocenters. The second-order valence-corrected chi connectivity index (χ2v) is 9.97. The van der Waals surface area contributed by atoms with Gasteiger partial charge in [0.1, 0.15) is 23.8 Å². The molecule has 0 aromatic heterocycles. The van der Waals surface area contributed by atoms with Crippen molar-refractivity contribution in [2.45, 2.75) is 31.8 Å². The van der Waals surface area contributed by atoms with Crippen molar-refractivity contribution in [3.63, 3.8) is 0 Å². The topological polar surface area (TPSA) is 94.2 Å². The van der Waals surface area contributed by atoms with Crippen molar-refractivity contribution in [2.24, 2.45) is 0 Å². The predicted octanol–water partition coefficient (Wildman–Crippen LogP) is 4.63. The first-order chi connectivity index (χ1) is 16.6. The van der Waals surface area contributed by atoms with Gasteiger partial charge in [0.05, 0.1) is 30.9 Å². The molecule has 9 heteroatoms. The van der Waals surface area contributed by atoms with Gasteiger partial charge in [-0.15, -0.1) is 0 Å². The van der Waals surface area contributed by atoms with Crippen LogP contribution >= 0.6 is 0 Å². The van der Waals surface area contributed by atoms with Crippen LogP contribution in [-0.2, 0) is 14.8 Å². The maximum atomic E-state index is 13.7. The van der Waals surface area contributed by atoms with Crippen LogP contribution < -0.4 is 23.8 Å². The molecule has 0 radical (unpaired) electrons. The summed E-state index contributed by atoms with van der Waals surface area (Å²) in [6.45, 7) is 5.20. The minimum Gasteiger partial charge on any atom is -0.497 e. The average Bonchev–Trinajstić information content (AvgIpc) is 2.82. The van der Waals surface area contributed by atoms with Gasteiger partial charge in [-0.05, 0) is 57.2 Å². The smallest absolute Gasteiger partial charge is 0.264 e. The number of nitrogens with zero attached hydrogens (tertiary/aromatic N) is 1. The van der Waals surface area contributed by atoms with Gasteiger partial charge in [-0.3, -0.25) is 9.10 Å². The highest BCUT2D eigenvalue weighted by Crippen LogP contribution is 2.35. The van der Waals surface area contributed by atoms with Gasteiger partial charge < -0.3 is 19.5 Å². The molecule has 0 aliphatic rings. The molecule has 186 valence electrons. The average molecular weight is 499 g/mol. The molecule has 35 heavy (non-hydrogen) atoms. The molecule has 0 saturated carbocycles. The summed E-state index contributed by atoms with van der Waals surface area (Å²) >= 11 is 0. The summed E-state index contributed by atoms with van der Waals surface area (Å²) < 4.78 is 44.7. The van der Waals surface area contributed by atoms with Crippen LogP contribution in [0.25, 0.3) is 0 Å². The molecule has 3 rings (SSSR count). The zero-order chi connectivity index (χ0) is 25.6. The van der Waals surface area contributed by atoms with Crippen molar-refractivity contribution in [3.8, 4) is 17.2 Å². The van der Waals surface area contributed by atoms with Crippen LogP contribution in [0.1, 0.15) is 19.4 Å². The first-order valence-corrected chi connectivity index (χ1v) is 12.5. The van der Waals surface area contributed by atoms with Crippen molar-refractivity contribution in [1.29, 1.82) is 0 Å². The second-order valence-electron chi connectivity index (χ2n) is 8.11. The maximum Gasteiger partial charge on any atom is 0.264 e. The van der Waals surface area contributed by atoms with E-state index in [0.717, 1.165) is 9.87 Å². The molecule has 1 amide bonds. The third-order valence-electron chi connectivity index (χ3n) is 5.04. The second kappa shape index (κ2) is 11.1. The molecule has 0 saturated heterocycles. The summed E-state index contributed by atoms with van der Waals surface area (Å²) in [5, 5.41) is 2.76. The van der Waals surface area contributed by atoms with Gasteiger partial charge in [-0.25, -0.2) is 8.42 Å². The standard InChI is InChI=1S/C26H30N2O6S/c1-18(2)34-22-8-6-7-20(15-22)27-26(29)17-28(24-14-11-21(32-4)16-25(24)33-5)35(30,31)23-12-9-19(3)10-13-23/h6-16,18H,17H2,1-5H3,(H,27,29). The molecule has 0 aliphatic carbocycles. The fourth-order valence-corrected chi connectivity index (χ4v) is 4.81. The molecule has 1 N–H and O–H groups in total. The summed E-state index contributed by atoms with van der Waals surface area (Å²) in [6.07, 6.45) is -0.0290. The van der Waals surface area contributed by atoms with E-state index >= 15 is 0 Å². The van der Waals surface area contributed by atoms with E-state index in [1.54, 1.807) is 54.6 Å². The molecule has 0 heterocycles. The van der Waals surface area contributed by atoms with Crippen LogP contribution in [0.5, 0.6) is 17.2 Å². The molecular weight excluding hydrogens is 468 g/mol. The highest BCUT2D eigenvalue weighted by atomic mass is 32.2. The number of hydrogen-bond donors (Lipinski definition) is 1. The number of aryl methyl sites for hydroxylation is 1. The lowest BCUT2D eigenvalue weighted by atomic mass is 10.2. The third-order valence-corrected chi connectivity index (χ3v) is 6.82. The fourth-order valence-electron chi connectivity index (χ4n) is 3.38. The van der Waals surface area contributed by atoms with E-state index in [-0.39, 0.29) is 22.4 Å². The SMILES string of the molecule is COc1ccc(N(CC(=O)Nc2cccc(OC(C)C)c2)S(=O)(=O)c2ccc(C)cc2)c(OC)c1. The Hall–Kier alpha value is -3.72. The van der Waals surface area contributed by atoms with Gasteiger partial charge in [0.15, 0.2) is 0 Å². The van der Waals surface area contributed by atoms with Gasteiger partial charge in [0.2, 0.25) is 5.91 Å². The molecular formula is C26H30N2O6S. The van der Waals surface area contributed by atoms with E-state index in [1.807, 2.05) is 20.8 Å². The molecule has 8 nitrogen and oxygen atoms in total. The third kappa shape index (κ3) is 6.45. The lowest BCUT2D eigenvalue weighted by Crippen LogP contribution is -2.38. The monoisotopic (exact) mass is 498 g/mol. The van der Waals surface area contributed by atoms with E-state index in [2.05, 4.69) is 5.32 Å². The van der Waals surface area contributed by atoms with Gasteiger partial charge >= 0.3 is 0 Å². The number of carbonyl (C=O) groups excluding carboxylic acids is 1. The van der Waals surface area contributed by atoms with Gasteiger partial charge in [-0.1, -0.05) is 23.8 Å². The first kappa shape index (κ1) is 25.9. The lowest BCUT2D eigenvalue weighted by molar-refractivity contribution is -0.114. The quantitative estimate of drug-likeness (QED) is 0.438. The zero-order valence-electron chi connectivity index (χ0n) is 20.4. The molecule has 3 aromatic carbocycles. The van der Waals surface area contributed by atoms with Crippen LogP contribution in [0.2, 0.25) is 0 Å². The van der Waals surface area contributed by atoms with Crippen LogP contribution in [-0.4, -0.2) is 41.2 Å². The van der Waals surface area contributed by atoms with E-state index < -0.39 is 22.5 Å². The van der Waals surface area contributed by atoms with Crippen LogP contribution in [0, 0.1) is 6.92 Å². The van der Waals surface area contributed by atoms with Gasteiger partial charge in [0, 0.05) is 17.8 Å². The number of rotatable bonds is 10. The van der Waals surface area contributed by atoms with Crippen LogP contribution in [0.4, 0.5) is 11.4 Å². The summed E-state index contributed by atoms with van der Waals surface area (Å²) in [7, 11) is -1.18.